The van der Waals surface area contributed by atoms with Crippen LogP contribution in [0.3, 0.4) is 0 Å². The summed E-state index contributed by atoms with van der Waals surface area (Å²) >= 11 is 7.07. The van der Waals surface area contributed by atoms with Crippen molar-refractivity contribution in [2.45, 2.75) is 23.0 Å². The van der Waals surface area contributed by atoms with E-state index in [-0.39, 0.29) is 5.02 Å². The maximum absolute atomic E-state index is 12.5. The Bertz CT molecular complexity index is 581. The molecule has 0 fully saturated rings. The first-order valence-corrected chi connectivity index (χ1v) is 6.53. The number of halogens is 4. The largest absolute Gasteiger partial charge is 0.417 e. The molecule has 0 bridgehead atoms. The van der Waals surface area contributed by atoms with E-state index in [1.807, 2.05) is 31.2 Å². The van der Waals surface area contributed by atoms with Gasteiger partial charge in [-0.15, -0.1) is 0 Å². The van der Waals surface area contributed by atoms with Gasteiger partial charge in [0.15, 0.2) is 0 Å². The van der Waals surface area contributed by atoms with E-state index in [9.17, 15) is 13.2 Å². The smallest absolute Gasteiger partial charge is 0.247 e. The summed E-state index contributed by atoms with van der Waals surface area (Å²) in [6, 6.07) is 8.47. The highest BCUT2D eigenvalue weighted by Crippen LogP contribution is 2.36. The van der Waals surface area contributed by atoms with E-state index in [0.717, 1.165) is 22.7 Å². The van der Waals surface area contributed by atoms with Gasteiger partial charge >= 0.3 is 6.18 Å². The first kappa shape index (κ1) is 14.2. The molecule has 0 saturated carbocycles. The summed E-state index contributed by atoms with van der Waals surface area (Å²) in [5.74, 6) is 0. The molecule has 1 aromatic carbocycles. The van der Waals surface area contributed by atoms with Gasteiger partial charge in [0.2, 0.25) is 0 Å². The van der Waals surface area contributed by atoms with Gasteiger partial charge in [0.1, 0.15) is 5.03 Å². The summed E-state index contributed by atoms with van der Waals surface area (Å²) in [6.45, 7) is 1.96. The van der Waals surface area contributed by atoms with Crippen LogP contribution in [0.1, 0.15) is 11.1 Å². The molecule has 1 heterocycles. The van der Waals surface area contributed by atoms with Crippen LogP contribution in [0.4, 0.5) is 13.2 Å². The predicted octanol–water partition coefficient (Wildman–Crippen LogP) is 5.21. The van der Waals surface area contributed by atoms with Gasteiger partial charge in [-0.1, -0.05) is 41.1 Å². The number of hydrogen-bond acceptors (Lipinski definition) is 2. The molecular weight excluding hydrogens is 295 g/mol. The number of rotatable bonds is 2. The maximum Gasteiger partial charge on any atom is 0.417 e. The van der Waals surface area contributed by atoms with Crippen molar-refractivity contribution in [1.29, 1.82) is 0 Å². The molecule has 2 rings (SSSR count). The minimum atomic E-state index is -4.43. The van der Waals surface area contributed by atoms with E-state index in [2.05, 4.69) is 4.98 Å². The normalized spacial score (nSPS) is 11.6. The lowest BCUT2D eigenvalue weighted by Crippen LogP contribution is -2.05. The van der Waals surface area contributed by atoms with Crippen LogP contribution in [0.5, 0.6) is 0 Å². The minimum absolute atomic E-state index is 0.000370. The zero-order valence-electron chi connectivity index (χ0n) is 9.83. The molecule has 1 aromatic heterocycles. The molecule has 0 N–H and O–H groups in total. The Balaban J connectivity index is 2.24. The fourth-order valence-electron chi connectivity index (χ4n) is 1.37. The van der Waals surface area contributed by atoms with Crippen molar-refractivity contribution in [2.75, 3.05) is 0 Å². The summed E-state index contributed by atoms with van der Waals surface area (Å²) in [6.07, 6.45) is -3.63. The molecule has 0 aliphatic heterocycles. The third-order valence-corrected chi connectivity index (χ3v) is 3.80. The SMILES string of the molecule is Cc1ccc(Sc2ncc(C(F)(F)F)cc2Cl)cc1. The summed E-state index contributed by atoms with van der Waals surface area (Å²) in [7, 11) is 0. The van der Waals surface area contributed by atoms with E-state index < -0.39 is 11.7 Å². The highest BCUT2D eigenvalue weighted by molar-refractivity contribution is 7.99. The van der Waals surface area contributed by atoms with Gasteiger partial charge in [0.05, 0.1) is 10.6 Å². The van der Waals surface area contributed by atoms with Crippen LogP contribution in [-0.4, -0.2) is 4.98 Å². The lowest BCUT2D eigenvalue weighted by molar-refractivity contribution is -0.137. The Morgan fingerprint density at radius 3 is 2.32 bits per heavy atom. The highest BCUT2D eigenvalue weighted by atomic mass is 35.5. The molecule has 0 aliphatic carbocycles. The summed E-state index contributed by atoms with van der Waals surface area (Å²) in [5, 5.41) is 0.360. The third kappa shape index (κ3) is 3.64. The zero-order chi connectivity index (χ0) is 14.0. The Kier molecular flexibility index (Phi) is 4.06. The van der Waals surface area contributed by atoms with Gasteiger partial charge in [-0.3, -0.25) is 0 Å². The standard InChI is InChI=1S/C13H9ClF3NS/c1-8-2-4-10(5-3-8)19-12-11(14)6-9(7-18-12)13(15,16)17/h2-7H,1H3. The van der Waals surface area contributed by atoms with Gasteiger partial charge in [-0.25, -0.2) is 4.98 Å². The Hall–Kier alpha value is -1.20. The van der Waals surface area contributed by atoms with Gasteiger partial charge in [-0.2, -0.15) is 13.2 Å². The van der Waals surface area contributed by atoms with E-state index in [4.69, 9.17) is 11.6 Å². The second-order valence-electron chi connectivity index (χ2n) is 3.92. The zero-order valence-corrected chi connectivity index (χ0v) is 11.4. The Morgan fingerprint density at radius 1 is 1.16 bits per heavy atom. The van der Waals surface area contributed by atoms with Crippen molar-refractivity contribution in [3.05, 3.63) is 52.7 Å². The molecule has 1 nitrogen and oxygen atoms in total. The maximum atomic E-state index is 12.5. The number of nitrogens with zero attached hydrogens (tertiary/aromatic N) is 1. The molecular formula is C13H9ClF3NS. The molecule has 0 amide bonds. The van der Waals surface area contributed by atoms with Crippen LogP contribution in [-0.2, 0) is 6.18 Å². The van der Waals surface area contributed by atoms with Crippen molar-refractivity contribution >= 4 is 23.4 Å². The molecule has 0 radical (unpaired) electrons. The molecule has 100 valence electrons. The van der Waals surface area contributed by atoms with Crippen LogP contribution in [0.25, 0.3) is 0 Å². The van der Waals surface area contributed by atoms with E-state index in [1.54, 1.807) is 0 Å². The molecule has 6 heteroatoms. The quantitative estimate of drug-likeness (QED) is 0.755. The van der Waals surface area contributed by atoms with Crippen molar-refractivity contribution in [3.63, 3.8) is 0 Å². The number of aryl methyl sites for hydroxylation is 1. The molecule has 0 aliphatic rings. The predicted molar refractivity (Wildman–Crippen MR) is 69.6 cm³/mol. The molecule has 0 atom stereocenters. The van der Waals surface area contributed by atoms with E-state index in [0.29, 0.717) is 5.03 Å². The van der Waals surface area contributed by atoms with Crippen LogP contribution in [0.2, 0.25) is 5.02 Å². The molecule has 0 unspecified atom stereocenters. The first-order valence-electron chi connectivity index (χ1n) is 5.33. The van der Waals surface area contributed by atoms with Crippen LogP contribution in [0, 0.1) is 6.92 Å². The van der Waals surface area contributed by atoms with Gasteiger partial charge < -0.3 is 0 Å². The molecule has 0 spiro atoms. The third-order valence-electron chi connectivity index (χ3n) is 2.37. The molecule has 19 heavy (non-hydrogen) atoms. The number of pyridine rings is 1. The first-order chi connectivity index (χ1) is 8.86. The van der Waals surface area contributed by atoms with Crippen LogP contribution in [0.15, 0.2) is 46.5 Å². The van der Waals surface area contributed by atoms with Crippen molar-refractivity contribution in [1.82, 2.24) is 4.98 Å². The van der Waals surface area contributed by atoms with Gasteiger partial charge in [0.25, 0.3) is 0 Å². The second kappa shape index (κ2) is 5.43. The van der Waals surface area contributed by atoms with Crippen LogP contribution >= 0.6 is 23.4 Å². The van der Waals surface area contributed by atoms with Crippen molar-refractivity contribution in [2.24, 2.45) is 0 Å². The topological polar surface area (TPSA) is 12.9 Å². The molecule has 2 aromatic rings. The van der Waals surface area contributed by atoms with Crippen molar-refractivity contribution in [3.8, 4) is 0 Å². The van der Waals surface area contributed by atoms with Gasteiger partial charge in [-0.05, 0) is 25.1 Å². The Morgan fingerprint density at radius 2 is 1.79 bits per heavy atom. The highest BCUT2D eigenvalue weighted by Gasteiger charge is 2.31. The monoisotopic (exact) mass is 303 g/mol. The summed E-state index contributed by atoms with van der Waals surface area (Å²) < 4.78 is 37.4. The second-order valence-corrected chi connectivity index (χ2v) is 5.39. The number of aromatic nitrogens is 1. The number of hydrogen-bond donors (Lipinski definition) is 0. The van der Waals surface area contributed by atoms with Gasteiger partial charge in [0, 0.05) is 11.1 Å². The Labute approximate surface area is 117 Å². The minimum Gasteiger partial charge on any atom is -0.247 e. The number of alkyl halides is 3. The summed E-state index contributed by atoms with van der Waals surface area (Å²) in [5.41, 5.74) is 0.265. The van der Waals surface area contributed by atoms with Crippen LogP contribution < -0.4 is 0 Å². The lowest BCUT2D eigenvalue weighted by atomic mass is 10.2. The van der Waals surface area contributed by atoms with Crippen molar-refractivity contribution < 1.29 is 13.2 Å². The van der Waals surface area contributed by atoms with E-state index in [1.165, 1.54) is 11.8 Å². The fraction of sp³-hybridized carbons (Fsp3) is 0.154. The number of benzene rings is 1. The average molecular weight is 304 g/mol. The molecule has 0 saturated heterocycles. The summed E-state index contributed by atoms with van der Waals surface area (Å²) in [4.78, 5) is 4.65. The fourth-order valence-corrected chi connectivity index (χ4v) is 2.41. The van der Waals surface area contributed by atoms with E-state index >= 15 is 0 Å². The average Bonchev–Trinajstić information content (AvgIpc) is 2.33. The lowest BCUT2D eigenvalue weighted by Gasteiger charge is -2.08.